The van der Waals surface area contributed by atoms with E-state index in [9.17, 15) is 0 Å². The van der Waals surface area contributed by atoms with Gasteiger partial charge in [-0.15, -0.1) is 0 Å². The number of hydrogen-bond acceptors (Lipinski definition) is 3. The molecule has 0 saturated heterocycles. The Bertz CT molecular complexity index is 704. The monoisotopic (exact) mass is 250 g/mol. The molecule has 0 aliphatic rings. The molecule has 3 nitrogen and oxygen atoms in total. The van der Waals surface area contributed by atoms with Crippen molar-refractivity contribution in [2.24, 2.45) is 5.73 Å². The van der Waals surface area contributed by atoms with Gasteiger partial charge in [0.15, 0.2) is 0 Å². The minimum Gasteiger partial charge on any atom is -0.456 e. The van der Waals surface area contributed by atoms with Gasteiger partial charge in [0.25, 0.3) is 0 Å². The Labute approximate surface area is 111 Å². The van der Waals surface area contributed by atoms with Gasteiger partial charge >= 0.3 is 0 Å². The van der Waals surface area contributed by atoms with Crippen LogP contribution in [0.15, 0.2) is 60.9 Å². The lowest BCUT2D eigenvalue weighted by Gasteiger charge is -2.11. The van der Waals surface area contributed by atoms with Gasteiger partial charge in [-0.2, -0.15) is 0 Å². The highest BCUT2D eigenvalue weighted by Crippen LogP contribution is 2.30. The zero-order valence-electron chi connectivity index (χ0n) is 10.4. The van der Waals surface area contributed by atoms with E-state index >= 15 is 0 Å². The lowest BCUT2D eigenvalue weighted by atomic mass is 10.1. The van der Waals surface area contributed by atoms with E-state index in [1.165, 1.54) is 0 Å². The van der Waals surface area contributed by atoms with Gasteiger partial charge in [0.05, 0.1) is 0 Å². The Morgan fingerprint density at radius 2 is 1.79 bits per heavy atom. The molecule has 0 unspecified atom stereocenters. The van der Waals surface area contributed by atoms with Crippen LogP contribution in [-0.4, -0.2) is 4.98 Å². The molecule has 19 heavy (non-hydrogen) atoms. The summed E-state index contributed by atoms with van der Waals surface area (Å²) in [5.74, 6) is 1.59. The van der Waals surface area contributed by atoms with Crippen LogP contribution in [-0.2, 0) is 6.54 Å². The van der Waals surface area contributed by atoms with E-state index in [-0.39, 0.29) is 0 Å². The number of aromatic nitrogens is 1. The molecular weight excluding hydrogens is 236 g/mol. The second kappa shape index (κ2) is 5.08. The molecule has 0 amide bonds. The maximum Gasteiger partial charge on any atom is 0.135 e. The van der Waals surface area contributed by atoms with Gasteiger partial charge in [-0.25, -0.2) is 0 Å². The topological polar surface area (TPSA) is 48.1 Å². The van der Waals surface area contributed by atoms with Crippen molar-refractivity contribution in [3.63, 3.8) is 0 Å². The summed E-state index contributed by atoms with van der Waals surface area (Å²) in [4.78, 5) is 4.06. The molecule has 3 rings (SSSR count). The highest BCUT2D eigenvalue weighted by atomic mass is 16.5. The molecule has 0 bridgehead atoms. The lowest BCUT2D eigenvalue weighted by Crippen LogP contribution is -2.00. The Morgan fingerprint density at radius 1 is 0.947 bits per heavy atom. The molecule has 94 valence electrons. The molecule has 0 aliphatic heterocycles. The van der Waals surface area contributed by atoms with Gasteiger partial charge in [-0.1, -0.05) is 36.4 Å². The number of hydrogen-bond donors (Lipinski definition) is 1. The summed E-state index contributed by atoms with van der Waals surface area (Å²) in [7, 11) is 0. The number of pyridine rings is 1. The van der Waals surface area contributed by atoms with Crippen molar-refractivity contribution in [3.8, 4) is 11.5 Å². The van der Waals surface area contributed by atoms with Crippen LogP contribution in [0.4, 0.5) is 0 Å². The number of nitrogens with two attached hydrogens (primary N) is 1. The maximum atomic E-state index is 5.99. The smallest absolute Gasteiger partial charge is 0.135 e. The standard InChI is InChI=1S/C16H14N2O/c17-10-13-11-18-9-8-15(13)19-16-7-3-5-12-4-1-2-6-14(12)16/h1-9,11H,10,17H2. The van der Waals surface area contributed by atoms with Gasteiger partial charge in [0.1, 0.15) is 11.5 Å². The largest absolute Gasteiger partial charge is 0.456 e. The summed E-state index contributed by atoms with van der Waals surface area (Å²) < 4.78 is 5.99. The summed E-state index contributed by atoms with van der Waals surface area (Å²) in [5, 5.41) is 2.24. The molecule has 0 aliphatic carbocycles. The van der Waals surface area contributed by atoms with Gasteiger partial charge in [0.2, 0.25) is 0 Å². The van der Waals surface area contributed by atoms with Crippen LogP contribution in [0, 0.1) is 0 Å². The van der Waals surface area contributed by atoms with Crippen molar-refractivity contribution < 1.29 is 4.74 Å². The Hall–Kier alpha value is -2.39. The van der Waals surface area contributed by atoms with Gasteiger partial charge < -0.3 is 10.5 Å². The van der Waals surface area contributed by atoms with Crippen molar-refractivity contribution in [2.45, 2.75) is 6.54 Å². The third-order valence-corrected chi connectivity index (χ3v) is 3.05. The van der Waals surface area contributed by atoms with Crippen LogP contribution in [0.25, 0.3) is 10.8 Å². The molecule has 0 atom stereocenters. The number of fused-ring (bicyclic) bond motifs is 1. The fourth-order valence-corrected chi connectivity index (χ4v) is 2.07. The molecule has 0 fully saturated rings. The zero-order chi connectivity index (χ0) is 13.1. The Balaban J connectivity index is 2.06. The fraction of sp³-hybridized carbons (Fsp3) is 0.0625. The average molecular weight is 250 g/mol. The summed E-state index contributed by atoms with van der Waals surface area (Å²) >= 11 is 0. The third-order valence-electron chi connectivity index (χ3n) is 3.05. The highest BCUT2D eigenvalue weighted by Gasteiger charge is 2.06. The van der Waals surface area contributed by atoms with Crippen LogP contribution in [0.2, 0.25) is 0 Å². The lowest BCUT2D eigenvalue weighted by molar-refractivity contribution is 0.481. The highest BCUT2D eigenvalue weighted by molar-refractivity contribution is 5.88. The molecule has 3 aromatic rings. The normalized spacial score (nSPS) is 10.6. The quantitative estimate of drug-likeness (QED) is 0.774. The van der Waals surface area contributed by atoms with Crippen LogP contribution in [0.5, 0.6) is 11.5 Å². The Kier molecular flexibility index (Phi) is 3.12. The minimum absolute atomic E-state index is 0.411. The van der Waals surface area contributed by atoms with Crippen molar-refractivity contribution in [3.05, 3.63) is 66.5 Å². The molecule has 1 aromatic heterocycles. The van der Waals surface area contributed by atoms with Crippen molar-refractivity contribution in [1.82, 2.24) is 4.98 Å². The van der Waals surface area contributed by atoms with Crippen molar-refractivity contribution in [1.29, 1.82) is 0 Å². The fourth-order valence-electron chi connectivity index (χ4n) is 2.07. The summed E-state index contributed by atoms with van der Waals surface area (Å²) in [6.07, 6.45) is 3.44. The van der Waals surface area contributed by atoms with Crippen LogP contribution in [0.3, 0.4) is 0 Å². The van der Waals surface area contributed by atoms with E-state index < -0.39 is 0 Å². The molecule has 2 aromatic carbocycles. The van der Waals surface area contributed by atoms with Gasteiger partial charge in [-0.3, -0.25) is 4.98 Å². The predicted molar refractivity (Wildman–Crippen MR) is 76.2 cm³/mol. The second-order valence-electron chi connectivity index (χ2n) is 4.27. The third kappa shape index (κ3) is 2.28. The number of ether oxygens (including phenoxy) is 1. The van der Waals surface area contributed by atoms with E-state index in [1.807, 2.05) is 36.4 Å². The Morgan fingerprint density at radius 3 is 2.68 bits per heavy atom. The number of rotatable bonds is 3. The molecular formula is C16H14N2O. The first-order chi connectivity index (χ1) is 9.38. The first-order valence-electron chi connectivity index (χ1n) is 6.17. The predicted octanol–water partition coefficient (Wildman–Crippen LogP) is 3.49. The number of nitrogens with zero attached hydrogens (tertiary/aromatic N) is 1. The van der Waals surface area contributed by atoms with E-state index in [4.69, 9.17) is 10.5 Å². The van der Waals surface area contributed by atoms with E-state index in [0.717, 1.165) is 27.8 Å². The molecule has 3 heteroatoms. The second-order valence-corrected chi connectivity index (χ2v) is 4.27. The number of benzene rings is 2. The van der Waals surface area contributed by atoms with Gasteiger partial charge in [0, 0.05) is 29.9 Å². The summed E-state index contributed by atoms with van der Waals surface area (Å²) in [5.41, 5.74) is 6.60. The molecule has 0 spiro atoms. The summed E-state index contributed by atoms with van der Waals surface area (Å²) in [6, 6.07) is 16.0. The molecule has 2 N–H and O–H groups in total. The minimum atomic E-state index is 0.411. The van der Waals surface area contributed by atoms with E-state index in [0.29, 0.717) is 6.54 Å². The summed E-state index contributed by atoms with van der Waals surface area (Å²) in [6.45, 7) is 0.411. The van der Waals surface area contributed by atoms with Crippen LogP contribution >= 0.6 is 0 Å². The van der Waals surface area contributed by atoms with Crippen LogP contribution in [0.1, 0.15) is 5.56 Å². The van der Waals surface area contributed by atoms with E-state index in [2.05, 4.69) is 17.1 Å². The average Bonchev–Trinajstić information content (AvgIpc) is 2.48. The van der Waals surface area contributed by atoms with Crippen LogP contribution < -0.4 is 10.5 Å². The molecule has 1 heterocycles. The first-order valence-corrected chi connectivity index (χ1v) is 6.17. The first kappa shape index (κ1) is 11.7. The SMILES string of the molecule is NCc1cnccc1Oc1cccc2ccccc12. The maximum absolute atomic E-state index is 5.99. The zero-order valence-corrected chi connectivity index (χ0v) is 10.4. The van der Waals surface area contributed by atoms with E-state index in [1.54, 1.807) is 12.4 Å². The van der Waals surface area contributed by atoms with Crippen molar-refractivity contribution in [2.75, 3.05) is 0 Å². The molecule has 0 radical (unpaired) electrons. The van der Waals surface area contributed by atoms with Gasteiger partial charge in [-0.05, 0) is 17.5 Å². The van der Waals surface area contributed by atoms with Crippen molar-refractivity contribution >= 4 is 10.8 Å². The molecule has 0 saturated carbocycles.